The normalized spacial score (nSPS) is 14.0. The quantitative estimate of drug-likeness (QED) is 0.748. The van der Waals surface area contributed by atoms with Crippen molar-refractivity contribution < 1.29 is 14.1 Å². The highest BCUT2D eigenvalue weighted by Gasteiger charge is 2.22. The smallest absolute Gasteiger partial charge is 0.251 e. The van der Waals surface area contributed by atoms with Crippen molar-refractivity contribution in [3.63, 3.8) is 0 Å². The molecule has 2 aromatic heterocycles. The van der Waals surface area contributed by atoms with Crippen LogP contribution in [0.3, 0.4) is 0 Å². The van der Waals surface area contributed by atoms with Gasteiger partial charge in [0, 0.05) is 24.2 Å². The van der Waals surface area contributed by atoms with Crippen molar-refractivity contribution >= 4 is 28.8 Å². The first-order chi connectivity index (χ1) is 12.7. The molecular weight excluding hydrogens is 352 g/mol. The molecule has 0 aliphatic carbocycles. The molecule has 0 radical (unpaired) electrons. The molecule has 132 valence electrons. The number of aromatic nitrogens is 2. The number of carbonyl (C=O) groups is 2. The summed E-state index contributed by atoms with van der Waals surface area (Å²) in [5, 5.41) is 8.62. The van der Waals surface area contributed by atoms with Crippen molar-refractivity contribution in [2.75, 3.05) is 11.4 Å². The van der Waals surface area contributed by atoms with E-state index < -0.39 is 0 Å². The average molecular weight is 368 g/mol. The maximum Gasteiger partial charge on any atom is 0.251 e. The Bertz CT molecular complexity index is 936. The number of hydrogen-bond acceptors (Lipinski definition) is 6. The van der Waals surface area contributed by atoms with Gasteiger partial charge in [-0.2, -0.15) is 4.98 Å². The van der Waals surface area contributed by atoms with Gasteiger partial charge in [-0.05, 0) is 36.1 Å². The molecule has 0 atom stereocenters. The van der Waals surface area contributed by atoms with Crippen molar-refractivity contribution in [1.29, 1.82) is 0 Å². The van der Waals surface area contributed by atoms with Crippen LogP contribution in [0.2, 0.25) is 0 Å². The SMILES string of the molecule is O=C(NCc1nc(-c2cccs2)no1)c1cccc(N2CCCC2=O)c1. The van der Waals surface area contributed by atoms with Gasteiger partial charge in [-0.15, -0.1) is 11.3 Å². The Hall–Kier alpha value is -3.00. The number of amides is 2. The lowest BCUT2D eigenvalue weighted by Gasteiger charge is -2.16. The minimum Gasteiger partial charge on any atom is -0.343 e. The van der Waals surface area contributed by atoms with Gasteiger partial charge in [-0.1, -0.05) is 17.3 Å². The van der Waals surface area contributed by atoms with Crippen molar-refractivity contribution in [2.45, 2.75) is 19.4 Å². The van der Waals surface area contributed by atoms with Crippen molar-refractivity contribution in [3.05, 3.63) is 53.2 Å². The van der Waals surface area contributed by atoms with E-state index in [1.165, 1.54) is 11.3 Å². The fourth-order valence-electron chi connectivity index (χ4n) is 2.83. The molecule has 2 amide bonds. The van der Waals surface area contributed by atoms with E-state index in [1.807, 2.05) is 23.6 Å². The summed E-state index contributed by atoms with van der Waals surface area (Å²) in [5.41, 5.74) is 1.23. The molecule has 8 heteroatoms. The third-order valence-corrected chi connectivity index (χ3v) is 4.97. The Morgan fingerprint density at radius 1 is 1.31 bits per heavy atom. The summed E-state index contributed by atoms with van der Waals surface area (Å²) < 4.78 is 5.17. The number of rotatable bonds is 5. The lowest BCUT2D eigenvalue weighted by Crippen LogP contribution is -2.25. The summed E-state index contributed by atoms with van der Waals surface area (Å²) in [6.45, 7) is 0.835. The number of thiophene rings is 1. The molecule has 4 rings (SSSR count). The molecule has 26 heavy (non-hydrogen) atoms. The first-order valence-electron chi connectivity index (χ1n) is 8.26. The maximum absolute atomic E-state index is 12.4. The molecule has 1 N–H and O–H groups in total. The molecule has 0 saturated carbocycles. The van der Waals surface area contributed by atoms with Crippen molar-refractivity contribution in [3.8, 4) is 10.7 Å². The average Bonchev–Trinajstić information content (AvgIpc) is 3.40. The van der Waals surface area contributed by atoms with E-state index in [-0.39, 0.29) is 18.4 Å². The lowest BCUT2D eigenvalue weighted by molar-refractivity contribution is -0.117. The van der Waals surface area contributed by atoms with Crippen molar-refractivity contribution in [2.24, 2.45) is 0 Å². The van der Waals surface area contributed by atoms with E-state index in [0.717, 1.165) is 17.0 Å². The zero-order chi connectivity index (χ0) is 17.9. The third-order valence-electron chi connectivity index (χ3n) is 4.10. The fraction of sp³-hybridized carbons (Fsp3) is 0.222. The Labute approximate surface area is 153 Å². The van der Waals surface area contributed by atoms with Crippen LogP contribution >= 0.6 is 11.3 Å². The third kappa shape index (κ3) is 3.36. The van der Waals surface area contributed by atoms with Gasteiger partial charge in [0.1, 0.15) is 0 Å². The number of benzene rings is 1. The molecule has 3 aromatic rings. The number of nitrogens with one attached hydrogen (secondary N) is 1. The van der Waals surface area contributed by atoms with Crippen LogP contribution in [0.5, 0.6) is 0 Å². The van der Waals surface area contributed by atoms with Gasteiger partial charge in [-0.3, -0.25) is 9.59 Å². The van der Waals surface area contributed by atoms with Crippen LogP contribution in [0.25, 0.3) is 10.7 Å². The molecule has 1 saturated heterocycles. The summed E-state index contributed by atoms with van der Waals surface area (Å²) in [7, 11) is 0. The van der Waals surface area contributed by atoms with Crippen LogP contribution in [0.15, 0.2) is 46.3 Å². The van der Waals surface area contributed by atoms with Gasteiger partial charge in [-0.25, -0.2) is 0 Å². The molecule has 0 spiro atoms. The van der Waals surface area contributed by atoms with Gasteiger partial charge in [0.25, 0.3) is 5.91 Å². The van der Waals surface area contributed by atoms with Crippen LogP contribution < -0.4 is 10.2 Å². The minimum absolute atomic E-state index is 0.0922. The summed E-state index contributed by atoms with van der Waals surface area (Å²) in [6, 6.07) is 10.9. The second-order valence-electron chi connectivity index (χ2n) is 5.87. The second-order valence-corrected chi connectivity index (χ2v) is 6.82. The van der Waals surface area contributed by atoms with E-state index >= 15 is 0 Å². The van der Waals surface area contributed by atoms with Crippen LogP contribution in [0.4, 0.5) is 5.69 Å². The lowest BCUT2D eigenvalue weighted by atomic mass is 10.1. The molecular formula is C18H16N4O3S. The Balaban J connectivity index is 1.41. The Kier molecular flexibility index (Phi) is 4.49. The number of carbonyl (C=O) groups excluding carboxylic acids is 2. The van der Waals surface area contributed by atoms with Gasteiger partial charge in [0.2, 0.25) is 17.6 Å². The predicted molar refractivity (Wildman–Crippen MR) is 96.8 cm³/mol. The van der Waals surface area contributed by atoms with Gasteiger partial charge < -0.3 is 14.7 Å². The van der Waals surface area contributed by atoms with Gasteiger partial charge >= 0.3 is 0 Å². The molecule has 7 nitrogen and oxygen atoms in total. The minimum atomic E-state index is -0.255. The summed E-state index contributed by atoms with van der Waals surface area (Å²) in [5.74, 6) is 0.690. The van der Waals surface area contributed by atoms with E-state index in [1.54, 1.807) is 23.1 Å². The Morgan fingerprint density at radius 3 is 3.00 bits per heavy atom. The monoisotopic (exact) mass is 368 g/mol. The highest BCUT2D eigenvalue weighted by atomic mass is 32.1. The second kappa shape index (κ2) is 7.09. The first-order valence-corrected chi connectivity index (χ1v) is 9.14. The summed E-state index contributed by atoms with van der Waals surface area (Å²) in [4.78, 5) is 31.2. The molecule has 1 fully saturated rings. The zero-order valence-electron chi connectivity index (χ0n) is 13.8. The molecule has 1 aliphatic rings. The largest absolute Gasteiger partial charge is 0.343 e. The van der Waals surface area contributed by atoms with E-state index in [9.17, 15) is 9.59 Å². The maximum atomic E-state index is 12.4. The van der Waals surface area contributed by atoms with Gasteiger partial charge in [0.05, 0.1) is 11.4 Å². The molecule has 3 heterocycles. The summed E-state index contributed by atoms with van der Waals surface area (Å²) >= 11 is 1.52. The van der Waals surface area contributed by atoms with Crippen LogP contribution in [0.1, 0.15) is 29.1 Å². The highest BCUT2D eigenvalue weighted by molar-refractivity contribution is 7.13. The number of nitrogens with zero attached hydrogens (tertiary/aromatic N) is 3. The molecule has 1 aromatic carbocycles. The van der Waals surface area contributed by atoms with Gasteiger partial charge in [0.15, 0.2) is 0 Å². The van der Waals surface area contributed by atoms with Crippen LogP contribution in [-0.4, -0.2) is 28.5 Å². The zero-order valence-corrected chi connectivity index (χ0v) is 14.7. The fourth-order valence-corrected chi connectivity index (χ4v) is 3.48. The van der Waals surface area contributed by atoms with E-state index in [2.05, 4.69) is 15.5 Å². The Morgan fingerprint density at radius 2 is 2.23 bits per heavy atom. The topological polar surface area (TPSA) is 88.3 Å². The van der Waals surface area contributed by atoms with E-state index in [0.29, 0.717) is 30.2 Å². The van der Waals surface area contributed by atoms with Crippen LogP contribution in [0, 0.1) is 0 Å². The summed E-state index contributed by atoms with van der Waals surface area (Å²) in [6.07, 6.45) is 1.40. The first kappa shape index (κ1) is 16.5. The molecule has 0 unspecified atom stereocenters. The van der Waals surface area contributed by atoms with Crippen LogP contribution in [-0.2, 0) is 11.3 Å². The standard InChI is InChI=1S/C18H16N4O3S/c23-16-7-2-8-22(16)13-5-1-4-12(10-13)18(24)19-11-15-20-17(21-25-15)14-6-3-9-26-14/h1,3-6,9-10H,2,7-8,11H2,(H,19,24). The number of anilines is 1. The number of hydrogen-bond donors (Lipinski definition) is 1. The molecule has 0 bridgehead atoms. The van der Waals surface area contributed by atoms with E-state index in [4.69, 9.17) is 4.52 Å². The highest BCUT2D eigenvalue weighted by Crippen LogP contribution is 2.23. The molecule has 1 aliphatic heterocycles. The predicted octanol–water partition coefficient (Wildman–Crippen LogP) is 2.85. The van der Waals surface area contributed by atoms with Crippen molar-refractivity contribution in [1.82, 2.24) is 15.5 Å².